The largest absolute Gasteiger partial charge is 0.468 e. The van der Waals surface area contributed by atoms with Gasteiger partial charge in [0.15, 0.2) is 0 Å². The van der Waals surface area contributed by atoms with Crippen LogP contribution in [0.3, 0.4) is 0 Å². The van der Waals surface area contributed by atoms with E-state index >= 15 is 0 Å². The average Bonchev–Trinajstić information content (AvgIpc) is 2.35. The quantitative estimate of drug-likeness (QED) is 0.617. The van der Waals surface area contributed by atoms with Gasteiger partial charge in [0, 0.05) is 13.2 Å². The van der Waals surface area contributed by atoms with Crippen LogP contribution in [-0.2, 0) is 14.3 Å². The lowest BCUT2D eigenvalue weighted by Gasteiger charge is -2.31. The molecule has 18 heavy (non-hydrogen) atoms. The Morgan fingerprint density at radius 3 is 2.44 bits per heavy atom. The highest BCUT2D eigenvalue weighted by Crippen LogP contribution is 2.33. The lowest BCUT2D eigenvalue weighted by atomic mass is 9.79. The van der Waals surface area contributed by atoms with Crippen molar-refractivity contribution in [2.45, 2.75) is 26.7 Å². The van der Waals surface area contributed by atoms with Crippen LogP contribution in [0.4, 0.5) is 0 Å². The average molecular weight is 251 g/mol. The number of rotatable bonds is 4. The number of carbonyl (C=O) groups excluding carboxylic acids is 1. The molecule has 0 aromatic heterocycles. The van der Waals surface area contributed by atoms with E-state index in [4.69, 9.17) is 14.9 Å². The number of allylic oxidation sites excluding steroid dienone is 3. The Labute approximate surface area is 108 Å². The van der Waals surface area contributed by atoms with Gasteiger partial charge in [-0.25, -0.2) is 0 Å². The highest BCUT2D eigenvalue weighted by atomic mass is 16.5. The summed E-state index contributed by atoms with van der Waals surface area (Å²) < 4.78 is 10.2. The summed E-state index contributed by atoms with van der Waals surface area (Å²) in [5.41, 5.74) is 0.822. The molecule has 4 nitrogen and oxygen atoms in total. The van der Waals surface area contributed by atoms with Crippen molar-refractivity contribution < 1.29 is 14.3 Å². The molecule has 4 heteroatoms. The monoisotopic (exact) mass is 251 g/mol. The molecule has 0 aliphatic carbocycles. The van der Waals surface area contributed by atoms with Gasteiger partial charge in [0.05, 0.1) is 18.2 Å². The van der Waals surface area contributed by atoms with Gasteiger partial charge in [-0.15, -0.1) is 0 Å². The second kappa shape index (κ2) is 6.50. The Balaban J connectivity index is 2.85. The first-order chi connectivity index (χ1) is 8.50. The van der Waals surface area contributed by atoms with Crippen LogP contribution in [0.15, 0.2) is 23.8 Å². The maximum atomic E-state index is 11.9. The standard InChI is InChI=1S/C14H21NO3/c1-11(2)10-12(15)4-5-14(13(16)17-3)6-8-18-9-7-14/h4-5,10,15H,6-9H2,1-3H3/b5-4+,15-12?. The SMILES string of the molecule is COC(=O)C1(/C=C/C(=N)C=C(C)C)CCOCC1. The third kappa shape index (κ3) is 3.81. The molecule has 0 bridgehead atoms. The molecule has 0 aromatic carbocycles. The molecule has 0 amide bonds. The zero-order valence-corrected chi connectivity index (χ0v) is 11.3. The maximum absolute atomic E-state index is 11.9. The molecule has 1 aliphatic rings. The van der Waals surface area contributed by atoms with Gasteiger partial charge < -0.3 is 14.9 Å². The molecule has 1 saturated heterocycles. The number of hydrogen-bond donors (Lipinski definition) is 1. The number of methoxy groups -OCH3 is 1. The lowest BCUT2D eigenvalue weighted by molar-refractivity contribution is -0.154. The summed E-state index contributed by atoms with van der Waals surface area (Å²) in [7, 11) is 1.40. The summed E-state index contributed by atoms with van der Waals surface area (Å²) in [5, 5.41) is 7.78. The summed E-state index contributed by atoms with van der Waals surface area (Å²) in [4.78, 5) is 11.9. The lowest BCUT2D eigenvalue weighted by Crippen LogP contribution is -2.36. The normalized spacial score (nSPS) is 18.4. The molecule has 1 fully saturated rings. The second-order valence-electron chi connectivity index (χ2n) is 4.77. The number of carbonyl (C=O) groups is 1. The van der Waals surface area contributed by atoms with Crippen molar-refractivity contribution in [3.8, 4) is 0 Å². The van der Waals surface area contributed by atoms with Gasteiger partial charge in [-0.05, 0) is 38.8 Å². The molecule has 1 rings (SSSR count). The van der Waals surface area contributed by atoms with Crippen LogP contribution in [-0.4, -0.2) is 32.0 Å². The van der Waals surface area contributed by atoms with E-state index in [1.54, 1.807) is 18.2 Å². The van der Waals surface area contributed by atoms with E-state index in [9.17, 15) is 4.79 Å². The molecule has 1 aliphatic heterocycles. The van der Waals surface area contributed by atoms with Crippen molar-refractivity contribution in [3.63, 3.8) is 0 Å². The van der Waals surface area contributed by atoms with Gasteiger partial charge in [0.2, 0.25) is 0 Å². The zero-order chi connectivity index (χ0) is 13.6. The van der Waals surface area contributed by atoms with Crippen molar-refractivity contribution in [2.75, 3.05) is 20.3 Å². The van der Waals surface area contributed by atoms with E-state index in [0.717, 1.165) is 5.57 Å². The van der Waals surface area contributed by atoms with Crippen LogP contribution in [0.25, 0.3) is 0 Å². The minimum absolute atomic E-state index is 0.243. The van der Waals surface area contributed by atoms with Crippen molar-refractivity contribution >= 4 is 11.7 Å². The van der Waals surface area contributed by atoms with Crippen LogP contribution >= 0.6 is 0 Å². The van der Waals surface area contributed by atoms with Crippen molar-refractivity contribution in [1.29, 1.82) is 5.41 Å². The van der Waals surface area contributed by atoms with E-state index in [2.05, 4.69) is 0 Å². The summed E-state index contributed by atoms with van der Waals surface area (Å²) >= 11 is 0. The third-order valence-electron chi connectivity index (χ3n) is 3.00. The molecule has 100 valence electrons. The van der Waals surface area contributed by atoms with Crippen molar-refractivity contribution in [3.05, 3.63) is 23.8 Å². The van der Waals surface area contributed by atoms with Crippen LogP contribution in [0.2, 0.25) is 0 Å². The van der Waals surface area contributed by atoms with E-state index in [1.165, 1.54) is 7.11 Å². The van der Waals surface area contributed by atoms with Crippen molar-refractivity contribution in [2.24, 2.45) is 5.41 Å². The molecule has 1 N–H and O–H groups in total. The highest BCUT2D eigenvalue weighted by molar-refractivity contribution is 6.02. The van der Waals surface area contributed by atoms with Gasteiger partial charge in [-0.1, -0.05) is 11.6 Å². The predicted octanol–water partition coefficient (Wildman–Crippen LogP) is 2.50. The molecular formula is C14H21NO3. The summed E-state index contributed by atoms with van der Waals surface area (Å²) in [5.74, 6) is -0.243. The van der Waals surface area contributed by atoms with Crippen LogP contribution in [0.5, 0.6) is 0 Å². The van der Waals surface area contributed by atoms with Crippen molar-refractivity contribution in [1.82, 2.24) is 0 Å². The number of esters is 1. The fourth-order valence-electron chi connectivity index (χ4n) is 1.99. The number of nitrogens with one attached hydrogen (secondary N) is 1. The fraction of sp³-hybridized carbons (Fsp3) is 0.571. The Morgan fingerprint density at radius 2 is 1.94 bits per heavy atom. The van der Waals surface area contributed by atoms with E-state index in [0.29, 0.717) is 31.8 Å². The minimum Gasteiger partial charge on any atom is -0.468 e. The van der Waals surface area contributed by atoms with Crippen LogP contribution < -0.4 is 0 Å². The first kappa shape index (κ1) is 14.6. The molecule has 0 unspecified atom stereocenters. The number of hydrogen-bond acceptors (Lipinski definition) is 4. The second-order valence-corrected chi connectivity index (χ2v) is 4.77. The fourth-order valence-corrected chi connectivity index (χ4v) is 1.99. The Bertz CT molecular complexity index is 373. The highest BCUT2D eigenvalue weighted by Gasteiger charge is 2.38. The van der Waals surface area contributed by atoms with Gasteiger partial charge in [0.25, 0.3) is 0 Å². The summed E-state index contributed by atoms with van der Waals surface area (Å²) in [6, 6.07) is 0. The van der Waals surface area contributed by atoms with E-state index in [-0.39, 0.29) is 5.97 Å². The Morgan fingerprint density at radius 1 is 1.33 bits per heavy atom. The Kier molecular flexibility index (Phi) is 5.28. The minimum atomic E-state index is -0.630. The molecule has 0 saturated carbocycles. The molecule has 0 spiro atoms. The summed E-state index contributed by atoms with van der Waals surface area (Å²) in [6.45, 7) is 4.98. The third-order valence-corrected chi connectivity index (χ3v) is 3.00. The first-order valence-corrected chi connectivity index (χ1v) is 6.09. The summed E-state index contributed by atoms with van der Waals surface area (Å²) in [6.07, 6.45) is 6.45. The Hall–Kier alpha value is -1.42. The zero-order valence-electron chi connectivity index (χ0n) is 11.3. The molecular weight excluding hydrogens is 230 g/mol. The number of ether oxygens (including phenoxy) is 2. The molecule has 0 atom stereocenters. The van der Waals surface area contributed by atoms with E-state index in [1.807, 2.05) is 13.8 Å². The molecule has 1 heterocycles. The predicted molar refractivity (Wildman–Crippen MR) is 70.8 cm³/mol. The van der Waals surface area contributed by atoms with Gasteiger partial charge >= 0.3 is 5.97 Å². The molecule has 0 aromatic rings. The van der Waals surface area contributed by atoms with Gasteiger partial charge in [-0.2, -0.15) is 0 Å². The van der Waals surface area contributed by atoms with Gasteiger partial charge in [0.1, 0.15) is 0 Å². The van der Waals surface area contributed by atoms with Crippen LogP contribution in [0, 0.1) is 10.8 Å². The van der Waals surface area contributed by atoms with Gasteiger partial charge in [-0.3, -0.25) is 4.79 Å². The smallest absolute Gasteiger partial charge is 0.315 e. The van der Waals surface area contributed by atoms with E-state index < -0.39 is 5.41 Å². The molecule has 0 radical (unpaired) electrons. The van der Waals surface area contributed by atoms with Crippen LogP contribution in [0.1, 0.15) is 26.7 Å². The first-order valence-electron chi connectivity index (χ1n) is 6.09. The topological polar surface area (TPSA) is 59.4 Å². The maximum Gasteiger partial charge on any atom is 0.315 e.